The summed E-state index contributed by atoms with van der Waals surface area (Å²) in [4.78, 5) is 4.29. The molecule has 2 aromatic carbocycles. The summed E-state index contributed by atoms with van der Waals surface area (Å²) in [5.41, 5.74) is 5.30. The van der Waals surface area contributed by atoms with Crippen molar-refractivity contribution in [3.8, 4) is 11.3 Å². The maximum atomic E-state index is 12.6. The Morgan fingerprint density at radius 3 is 2.61 bits per heavy atom. The highest BCUT2D eigenvalue weighted by atomic mass is 35.5. The molecule has 6 heteroatoms. The molecule has 146 valence electrons. The first kappa shape index (κ1) is 20.4. The van der Waals surface area contributed by atoms with E-state index in [1.165, 1.54) is 11.4 Å². The molecule has 2 heterocycles. The molecule has 0 N–H and O–H groups in total. The molecule has 0 radical (unpaired) electrons. The van der Waals surface area contributed by atoms with Crippen LogP contribution in [0.15, 0.2) is 53.7 Å². The predicted molar refractivity (Wildman–Crippen MR) is 114 cm³/mol. The van der Waals surface area contributed by atoms with Crippen LogP contribution in [0.3, 0.4) is 0 Å². The van der Waals surface area contributed by atoms with E-state index in [2.05, 4.69) is 22.7 Å². The normalized spacial score (nSPS) is 13.3. The molecule has 1 aromatic heterocycles. The number of rotatable bonds is 4. The van der Waals surface area contributed by atoms with E-state index in [4.69, 9.17) is 11.6 Å². The minimum Gasteiger partial charge on any atom is -0.859 e. The highest BCUT2D eigenvalue weighted by Crippen LogP contribution is 2.26. The van der Waals surface area contributed by atoms with Crippen LogP contribution in [0.5, 0.6) is 0 Å². The van der Waals surface area contributed by atoms with Gasteiger partial charge in [0.25, 0.3) is 5.82 Å². The van der Waals surface area contributed by atoms with Crippen LogP contribution in [-0.4, -0.2) is 10.5 Å². The third kappa shape index (κ3) is 4.08. The predicted octanol–water partition coefficient (Wildman–Crippen LogP) is 4.17. The first-order chi connectivity index (χ1) is 13.0. The van der Waals surface area contributed by atoms with Crippen LogP contribution in [-0.2, 0) is 19.5 Å². The van der Waals surface area contributed by atoms with E-state index in [1.54, 1.807) is 0 Å². The van der Waals surface area contributed by atoms with Crippen molar-refractivity contribution in [2.75, 3.05) is 0 Å². The Balaban J connectivity index is 0.00000225. The Bertz CT molecular complexity index is 1020. The number of fused-ring (bicyclic) bond motifs is 1. The van der Waals surface area contributed by atoms with Gasteiger partial charge in [0.2, 0.25) is 0 Å². The minimum absolute atomic E-state index is 0. The van der Waals surface area contributed by atoms with E-state index in [0.29, 0.717) is 0 Å². The molecule has 1 aliphatic rings. The van der Waals surface area contributed by atoms with Gasteiger partial charge >= 0.3 is 0 Å². The van der Waals surface area contributed by atoms with Crippen LogP contribution in [0, 0.1) is 13.8 Å². The topological polar surface area (TPSA) is 44.2 Å². The fraction of sp³-hybridized carbons (Fsp3) is 0.273. The summed E-state index contributed by atoms with van der Waals surface area (Å²) < 4.78 is 4.34. The van der Waals surface area contributed by atoms with Gasteiger partial charge < -0.3 is 5.11 Å². The summed E-state index contributed by atoms with van der Waals surface area (Å²) in [7, 11) is 0. The second-order valence-corrected chi connectivity index (χ2v) is 7.53. The summed E-state index contributed by atoms with van der Waals surface area (Å²) >= 11 is 6.02. The van der Waals surface area contributed by atoms with Gasteiger partial charge in [-0.05, 0) is 67.8 Å². The quantitative estimate of drug-likeness (QED) is 0.358. The Hall–Kier alpha value is -2.30. The molecule has 0 saturated carbocycles. The molecule has 0 atom stereocenters. The van der Waals surface area contributed by atoms with Gasteiger partial charge in [0.05, 0.1) is 18.7 Å². The molecule has 4 rings (SSSR count). The summed E-state index contributed by atoms with van der Waals surface area (Å²) in [6.45, 7) is 5.32. The van der Waals surface area contributed by atoms with Crippen molar-refractivity contribution in [1.29, 1.82) is 0 Å². The van der Waals surface area contributed by atoms with Crippen LogP contribution >= 0.6 is 24.0 Å². The largest absolute Gasteiger partial charge is 0.859 e. The third-order valence-electron chi connectivity index (χ3n) is 5.18. The molecule has 0 bridgehead atoms. The van der Waals surface area contributed by atoms with E-state index in [1.807, 2.05) is 54.0 Å². The number of aryl methyl sites for hydroxylation is 2. The molecule has 0 unspecified atom stereocenters. The lowest BCUT2D eigenvalue weighted by Crippen LogP contribution is -2.43. The van der Waals surface area contributed by atoms with Gasteiger partial charge in [-0.3, -0.25) is 4.99 Å². The Kier molecular flexibility index (Phi) is 6.11. The summed E-state index contributed by atoms with van der Waals surface area (Å²) in [6, 6.07) is 13.7. The fourth-order valence-corrected chi connectivity index (χ4v) is 3.74. The van der Waals surface area contributed by atoms with Gasteiger partial charge in [0.15, 0.2) is 5.69 Å². The second-order valence-electron chi connectivity index (χ2n) is 7.09. The molecule has 0 spiro atoms. The van der Waals surface area contributed by atoms with Crippen molar-refractivity contribution in [3.05, 3.63) is 70.6 Å². The number of hydrogen-bond acceptors (Lipinski definition) is 2. The zero-order valence-corrected chi connectivity index (χ0v) is 17.6. The van der Waals surface area contributed by atoms with Crippen LogP contribution in [0.4, 0.5) is 5.69 Å². The van der Waals surface area contributed by atoms with E-state index < -0.39 is 0 Å². The number of aliphatic imine (C=N–C) groups is 1. The number of halogens is 2. The zero-order chi connectivity index (χ0) is 19.0. The van der Waals surface area contributed by atoms with Crippen molar-refractivity contribution in [2.45, 2.75) is 39.8 Å². The Morgan fingerprint density at radius 1 is 1.14 bits per heavy atom. The molecule has 4 nitrogen and oxygen atoms in total. The van der Waals surface area contributed by atoms with E-state index >= 15 is 0 Å². The van der Waals surface area contributed by atoms with Crippen molar-refractivity contribution >= 4 is 35.6 Å². The molecule has 1 aliphatic heterocycles. The van der Waals surface area contributed by atoms with E-state index in [9.17, 15) is 5.11 Å². The molecule has 0 fully saturated rings. The third-order valence-corrected chi connectivity index (χ3v) is 5.44. The highest BCUT2D eigenvalue weighted by molar-refractivity contribution is 6.30. The average Bonchev–Trinajstić information content (AvgIpc) is 3.23. The number of nitrogens with zero attached hydrogens (tertiary/aromatic N) is 3. The first-order valence-electron chi connectivity index (χ1n) is 9.21. The van der Waals surface area contributed by atoms with Crippen LogP contribution in [0.25, 0.3) is 11.3 Å². The summed E-state index contributed by atoms with van der Waals surface area (Å²) in [5.74, 6) is 1.05. The van der Waals surface area contributed by atoms with Gasteiger partial charge in [-0.2, -0.15) is 0 Å². The van der Waals surface area contributed by atoms with Crippen molar-refractivity contribution in [3.63, 3.8) is 0 Å². The summed E-state index contributed by atoms with van der Waals surface area (Å²) in [6.07, 6.45) is 4.13. The standard InChI is InChI=1S/C22H22ClN3O.ClH/c1-15-5-10-19(12-16(15)2)24-21(27)14-25-13-20(26-11-3-4-22(25)26)17-6-8-18(23)9-7-17;/h5-10,12-13H,3-4,11,14H2,1-2H3;1H. The van der Waals surface area contributed by atoms with Crippen molar-refractivity contribution < 1.29 is 9.67 Å². The second kappa shape index (κ2) is 8.38. The Labute approximate surface area is 176 Å². The Morgan fingerprint density at radius 2 is 1.89 bits per heavy atom. The van der Waals surface area contributed by atoms with Crippen molar-refractivity contribution in [1.82, 2.24) is 4.57 Å². The number of benzene rings is 2. The lowest BCUT2D eigenvalue weighted by Gasteiger charge is -2.09. The van der Waals surface area contributed by atoms with Crippen LogP contribution in [0.1, 0.15) is 23.4 Å². The average molecular weight is 416 g/mol. The summed E-state index contributed by atoms with van der Waals surface area (Å²) in [5, 5.41) is 13.3. The number of aromatic nitrogens is 2. The molecule has 28 heavy (non-hydrogen) atoms. The van der Waals surface area contributed by atoms with Crippen LogP contribution < -0.4 is 9.67 Å². The monoisotopic (exact) mass is 415 g/mol. The first-order valence-corrected chi connectivity index (χ1v) is 9.58. The van der Waals surface area contributed by atoms with Crippen molar-refractivity contribution in [2.24, 2.45) is 4.99 Å². The minimum atomic E-state index is -0.133. The lowest BCUT2D eigenvalue weighted by atomic mass is 10.1. The van der Waals surface area contributed by atoms with Gasteiger partial charge in [0, 0.05) is 16.5 Å². The smallest absolute Gasteiger partial charge is 0.257 e. The maximum Gasteiger partial charge on any atom is 0.257 e. The van der Waals surface area contributed by atoms with Gasteiger partial charge in [0.1, 0.15) is 12.7 Å². The molecule has 0 aliphatic carbocycles. The lowest BCUT2D eigenvalue weighted by molar-refractivity contribution is -0.693. The van der Waals surface area contributed by atoms with Crippen LogP contribution in [0.2, 0.25) is 5.02 Å². The van der Waals surface area contributed by atoms with Gasteiger partial charge in [-0.15, -0.1) is 12.4 Å². The molecule has 0 amide bonds. The molecular formula is C22H23Cl2N3O. The number of imidazole rings is 1. The van der Waals surface area contributed by atoms with E-state index in [0.717, 1.165) is 46.9 Å². The number of hydrogen-bond donors (Lipinski definition) is 0. The molecular weight excluding hydrogens is 393 g/mol. The van der Waals surface area contributed by atoms with Gasteiger partial charge in [-0.1, -0.05) is 17.7 Å². The zero-order valence-electron chi connectivity index (χ0n) is 16.0. The fourth-order valence-electron chi connectivity index (χ4n) is 3.62. The SMILES string of the molecule is Cc1ccc(N=C([O-])C[n+]2cc(-c3ccc(Cl)cc3)n3c2CCC3)cc1C.Cl. The molecule has 3 aromatic rings. The molecule has 0 saturated heterocycles. The highest BCUT2D eigenvalue weighted by Gasteiger charge is 2.28. The maximum absolute atomic E-state index is 12.6. The van der Waals surface area contributed by atoms with Gasteiger partial charge in [-0.25, -0.2) is 9.13 Å². The van der Waals surface area contributed by atoms with E-state index in [-0.39, 0.29) is 24.8 Å².